The number of hydrogen-bond acceptors (Lipinski definition) is 5. The first-order valence-electron chi connectivity index (χ1n) is 11.0. The molecule has 29 heavy (non-hydrogen) atoms. The molecule has 3 aliphatic rings. The average molecular weight is 407 g/mol. The highest BCUT2D eigenvalue weighted by molar-refractivity contribution is 6.04. The van der Waals surface area contributed by atoms with Gasteiger partial charge in [-0.05, 0) is 43.9 Å². The number of likely N-dealkylation sites (tertiary alicyclic amines) is 1. The van der Waals surface area contributed by atoms with Crippen molar-refractivity contribution in [3.8, 4) is 0 Å². The van der Waals surface area contributed by atoms with E-state index < -0.39 is 23.5 Å². The molecule has 4 atom stereocenters. The van der Waals surface area contributed by atoms with Crippen LogP contribution in [-0.2, 0) is 19.2 Å². The minimum atomic E-state index is -1.19. The Bertz CT molecular complexity index is 667. The van der Waals surface area contributed by atoms with Gasteiger partial charge < -0.3 is 10.8 Å². The number of nitrogens with two attached hydrogens (primary N) is 1. The Morgan fingerprint density at radius 1 is 1.10 bits per heavy atom. The summed E-state index contributed by atoms with van der Waals surface area (Å²) in [6, 6.07) is 0. The molecule has 1 heterocycles. The molecular weight excluding hydrogens is 372 g/mol. The van der Waals surface area contributed by atoms with Gasteiger partial charge >= 0.3 is 0 Å². The van der Waals surface area contributed by atoms with Crippen molar-refractivity contribution in [3.63, 3.8) is 0 Å². The Balaban J connectivity index is 1.68. The number of imide groups is 1. The number of aliphatic hydroxyl groups is 1. The Labute approximate surface area is 172 Å². The summed E-state index contributed by atoms with van der Waals surface area (Å²) in [5.74, 6) is -1.71. The summed E-state index contributed by atoms with van der Waals surface area (Å²) >= 11 is 0. The van der Waals surface area contributed by atoms with Gasteiger partial charge in [0.15, 0.2) is 0 Å². The molecule has 1 saturated heterocycles. The quantitative estimate of drug-likeness (QED) is 0.677. The largest absolute Gasteiger partial charge is 0.392 e. The predicted molar refractivity (Wildman–Crippen MR) is 106 cm³/mol. The van der Waals surface area contributed by atoms with E-state index in [1.807, 2.05) is 6.92 Å². The third kappa shape index (κ3) is 4.25. The van der Waals surface area contributed by atoms with Gasteiger partial charge in [0.05, 0.1) is 6.10 Å². The smallest absolute Gasteiger partial charge is 0.243 e. The van der Waals surface area contributed by atoms with Crippen LogP contribution >= 0.6 is 0 Å². The number of aliphatic hydroxyl groups excluding tert-OH is 1. The molecule has 3 fully saturated rings. The summed E-state index contributed by atoms with van der Waals surface area (Å²) < 4.78 is 0. The molecule has 0 unspecified atom stereocenters. The second-order valence-corrected chi connectivity index (χ2v) is 9.64. The number of carbonyl (C=O) groups excluding carboxylic acids is 4. The molecule has 7 nitrogen and oxygen atoms in total. The maximum Gasteiger partial charge on any atom is 0.243 e. The van der Waals surface area contributed by atoms with E-state index in [0.29, 0.717) is 25.2 Å². The van der Waals surface area contributed by atoms with Gasteiger partial charge in [-0.25, -0.2) is 0 Å². The monoisotopic (exact) mass is 406 g/mol. The van der Waals surface area contributed by atoms with Crippen LogP contribution in [0.2, 0.25) is 0 Å². The van der Waals surface area contributed by atoms with E-state index in [0.717, 1.165) is 30.6 Å². The van der Waals surface area contributed by atoms with Crippen LogP contribution in [0.15, 0.2) is 0 Å². The van der Waals surface area contributed by atoms with Crippen molar-refractivity contribution in [2.45, 2.75) is 89.7 Å². The second kappa shape index (κ2) is 8.54. The highest BCUT2D eigenvalue weighted by Crippen LogP contribution is 2.39. The molecule has 0 radical (unpaired) electrons. The van der Waals surface area contributed by atoms with Crippen molar-refractivity contribution in [1.29, 1.82) is 0 Å². The van der Waals surface area contributed by atoms with Gasteiger partial charge in [-0.3, -0.25) is 24.1 Å². The molecule has 0 aromatic heterocycles. The molecule has 0 aromatic carbocycles. The lowest BCUT2D eigenvalue weighted by atomic mass is 9.71. The first-order chi connectivity index (χ1) is 13.7. The van der Waals surface area contributed by atoms with E-state index in [9.17, 15) is 24.3 Å². The fourth-order valence-corrected chi connectivity index (χ4v) is 5.83. The van der Waals surface area contributed by atoms with Crippen LogP contribution in [0.5, 0.6) is 0 Å². The van der Waals surface area contributed by atoms with Crippen molar-refractivity contribution >= 4 is 23.5 Å². The minimum absolute atomic E-state index is 0.0646. The summed E-state index contributed by atoms with van der Waals surface area (Å²) in [6.45, 7) is 3.98. The highest BCUT2D eigenvalue weighted by atomic mass is 16.3. The Morgan fingerprint density at radius 2 is 1.69 bits per heavy atom. The maximum absolute atomic E-state index is 12.9. The molecular formula is C22H34N2O5. The zero-order chi connectivity index (χ0) is 21.3. The van der Waals surface area contributed by atoms with Crippen molar-refractivity contribution < 1.29 is 24.3 Å². The summed E-state index contributed by atoms with van der Waals surface area (Å²) in [7, 11) is 0. The van der Waals surface area contributed by atoms with Crippen molar-refractivity contribution in [3.05, 3.63) is 0 Å². The van der Waals surface area contributed by atoms with Crippen LogP contribution in [0, 0.1) is 23.7 Å². The predicted octanol–water partition coefficient (Wildman–Crippen LogP) is 1.94. The van der Waals surface area contributed by atoms with Crippen LogP contribution in [-0.4, -0.2) is 45.2 Å². The molecule has 2 aliphatic carbocycles. The standard InChI is InChI=1S/C22H34N2O5/c1-13-8-14(2)20(28)16(9-13)17(25)10-15-11-18(26)24(19(27)12-15)22(21(23)29)6-4-3-5-7-22/h13-17,25H,3-12H2,1-2H3,(H2,23,29)/t13-,14+,16+,17-/m1/s1. The lowest BCUT2D eigenvalue weighted by molar-refractivity contribution is -0.165. The molecule has 0 aromatic rings. The molecule has 0 spiro atoms. The van der Waals surface area contributed by atoms with Gasteiger partial charge in [0.1, 0.15) is 11.3 Å². The van der Waals surface area contributed by atoms with Gasteiger partial charge in [-0.2, -0.15) is 0 Å². The Morgan fingerprint density at radius 3 is 2.24 bits per heavy atom. The van der Waals surface area contributed by atoms with Gasteiger partial charge in [-0.15, -0.1) is 0 Å². The summed E-state index contributed by atoms with van der Waals surface area (Å²) in [5.41, 5.74) is 4.45. The number of primary amides is 1. The lowest BCUT2D eigenvalue weighted by Gasteiger charge is -2.45. The zero-order valence-corrected chi connectivity index (χ0v) is 17.6. The third-order valence-corrected chi connectivity index (χ3v) is 7.30. The molecule has 7 heteroatoms. The van der Waals surface area contributed by atoms with Crippen molar-refractivity contribution in [1.82, 2.24) is 4.90 Å². The zero-order valence-electron chi connectivity index (χ0n) is 17.6. The van der Waals surface area contributed by atoms with E-state index in [1.54, 1.807) is 0 Å². The van der Waals surface area contributed by atoms with Gasteiger partial charge in [0.25, 0.3) is 0 Å². The van der Waals surface area contributed by atoms with E-state index >= 15 is 0 Å². The summed E-state index contributed by atoms with van der Waals surface area (Å²) in [4.78, 5) is 51.7. The number of Topliss-reactive ketones (excluding diaryl/α,β-unsaturated/α-hetero) is 1. The first-order valence-corrected chi connectivity index (χ1v) is 11.0. The number of piperidine rings is 1. The summed E-state index contributed by atoms with van der Waals surface area (Å²) in [5, 5.41) is 10.7. The molecule has 3 N–H and O–H groups in total. The van der Waals surface area contributed by atoms with Crippen LogP contribution in [0.1, 0.15) is 78.1 Å². The number of hydrogen-bond donors (Lipinski definition) is 2. The van der Waals surface area contributed by atoms with E-state index in [2.05, 4.69) is 6.92 Å². The third-order valence-electron chi connectivity index (χ3n) is 7.30. The number of rotatable bonds is 5. The molecule has 3 rings (SSSR count). The van der Waals surface area contributed by atoms with E-state index in [4.69, 9.17) is 5.73 Å². The van der Waals surface area contributed by atoms with E-state index in [1.165, 1.54) is 0 Å². The first kappa shape index (κ1) is 21.9. The number of ketones is 1. The Hall–Kier alpha value is -1.76. The molecule has 162 valence electrons. The SMILES string of the molecule is C[C@H]1C[C@@H]([C@H](O)CC2CC(=O)N(C3(C(N)=O)CCCCC3)C(=O)C2)C(=O)[C@@H](C)C1. The van der Waals surface area contributed by atoms with Crippen LogP contribution in [0.4, 0.5) is 0 Å². The lowest BCUT2D eigenvalue weighted by Crippen LogP contribution is -2.64. The van der Waals surface area contributed by atoms with Crippen molar-refractivity contribution in [2.24, 2.45) is 29.4 Å². The van der Waals surface area contributed by atoms with Gasteiger partial charge in [0, 0.05) is 24.7 Å². The van der Waals surface area contributed by atoms with E-state index in [-0.39, 0.29) is 48.7 Å². The minimum Gasteiger partial charge on any atom is -0.392 e. The Kier molecular flexibility index (Phi) is 6.46. The average Bonchev–Trinajstić information content (AvgIpc) is 2.64. The second-order valence-electron chi connectivity index (χ2n) is 9.64. The number of amides is 3. The maximum atomic E-state index is 12.9. The molecule has 3 amide bonds. The number of carbonyl (C=O) groups is 4. The van der Waals surface area contributed by atoms with Crippen LogP contribution < -0.4 is 5.73 Å². The van der Waals surface area contributed by atoms with Gasteiger partial charge in [-0.1, -0.05) is 33.1 Å². The highest BCUT2D eigenvalue weighted by Gasteiger charge is 2.51. The number of nitrogens with zero attached hydrogens (tertiary/aromatic N) is 1. The fourth-order valence-electron chi connectivity index (χ4n) is 5.83. The molecule has 2 saturated carbocycles. The topological polar surface area (TPSA) is 118 Å². The van der Waals surface area contributed by atoms with Crippen molar-refractivity contribution in [2.75, 3.05) is 0 Å². The normalized spacial score (nSPS) is 32.3. The molecule has 1 aliphatic heterocycles. The van der Waals surface area contributed by atoms with Crippen LogP contribution in [0.25, 0.3) is 0 Å². The van der Waals surface area contributed by atoms with Crippen LogP contribution in [0.3, 0.4) is 0 Å². The fraction of sp³-hybridized carbons (Fsp3) is 0.818. The van der Waals surface area contributed by atoms with Gasteiger partial charge in [0.2, 0.25) is 17.7 Å². The molecule has 0 bridgehead atoms. The summed E-state index contributed by atoms with van der Waals surface area (Å²) in [6.07, 6.45) is 4.46.